The number of halogens is 1. The molecule has 0 saturated carbocycles. The number of carbonyl (C=O) groups excluding carboxylic acids is 2. The van der Waals surface area contributed by atoms with E-state index in [1.807, 2.05) is 6.92 Å². The fourth-order valence-electron chi connectivity index (χ4n) is 3.70. The normalized spacial score (nSPS) is 15.4. The van der Waals surface area contributed by atoms with E-state index in [0.29, 0.717) is 35.5 Å². The van der Waals surface area contributed by atoms with Crippen LogP contribution in [0.4, 0.5) is 14.9 Å². The lowest BCUT2D eigenvalue weighted by molar-refractivity contribution is 0.0600. The molecule has 7 nitrogen and oxygen atoms in total. The van der Waals surface area contributed by atoms with Gasteiger partial charge in [-0.2, -0.15) is 0 Å². The van der Waals surface area contributed by atoms with Gasteiger partial charge >= 0.3 is 12.0 Å². The van der Waals surface area contributed by atoms with Crippen LogP contribution < -0.4 is 5.32 Å². The van der Waals surface area contributed by atoms with Gasteiger partial charge in [0.1, 0.15) is 11.9 Å². The number of aryl methyl sites for hydroxylation is 1. The lowest BCUT2D eigenvalue weighted by Gasteiger charge is -2.35. The van der Waals surface area contributed by atoms with Gasteiger partial charge in [-0.3, -0.25) is 0 Å². The summed E-state index contributed by atoms with van der Waals surface area (Å²) in [5, 5.41) is 2.88. The zero-order valence-electron chi connectivity index (χ0n) is 16.6. The Balaban J connectivity index is 1.67. The molecule has 1 aliphatic rings. The topological polar surface area (TPSA) is 87.3 Å². The number of nitrogens with one attached hydrogen (secondary N) is 2. The molecule has 1 aromatic heterocycles. The molecule has 0 bridgehead atoms. The minimum atomic E-state index is -0.528. The van der Waals surface area contributed by atoms with Crippen molar-refractivity contribution >= 4 is 17.7 Å². The number of imidazole rings is 1. The quantitative estimate of drug-likeness (QED) is 0.645. The number of methoxy groups -OCH3 is 1. The second kappa shape index (κ2) is 7.98. The molecule has 4 rings (SSSR count). The number of carbonyl (C=O) groups is 2. The zero-order chi connectivity index (χ0) is 21.3. The van der Waals surface area contributed by atoms with Crippen molar-refractivity contribution in [2.24, 2.45) is 0 Å². The highest BCUT2D eigenvalue weighted by Crippen LogP contribution is 2.34. The highest BCUT2D eigenvalue weighted by Gasteiger charge is 2.34. The molecule has 0 saturated heterocycles. The predicted octanol–water partition coefficient (Wildman–Crippen LogP) is 3.82. The molecule has 0 radical (unpaired) electrons. The number of esters is 1. The molecule has 0 spiro atoms. The SMILES string of the molecule is COC(=O)c1ccc(C)c(NC(=O)N2CCc3[nH]cnc3[C@H]2c2cccc(F)c2)c1. The van der Waals surface area contributed by atoms with E-state index in [1.54, 1.807) is 41.6 Å². The molecule has 0 unspecified atom stereocenters. The first-order valence-corrected chi connectivity index (χ1v) is 9.52. The summed E-state index contributed by atoms with van der Waals surface area (Å²) in [5.41, 5.74) is 3.91. The number of hydrogen-bond donors (Lipinski definition) is 2. The molecule has 2 heterocycles. The van der Waals surface area contributed by atoms with Gasteiger partial charge in [-0.05, 0) is 42.3 Å². The highest BCUT2D eigenvalue weighted by molar-refractivity contribution is 5.95. The summed E-state index contributed by atoms with van der Waals surface area (Å²) in [6.45, 7) is 2.26. The standard InChI is InChI=1S/C22H21FN4O3/c1-13-6-7-15(21(28)30-2)11-18(13)26-22(29)27-9-8-17-19(25-12-24-17)20(27)14-4-3-5-16(23)10-14/h3-7,10-12,20H,8-9H2,1-2H3,(H,24,25)(H,26,29)/t20-/m1/s1. The smallest absolute Gasteiger partial charge is 0.337 e. The number of ether oxygens (including phenoxy) is 1. The Labute approximate surface area is 172 Å². The number of H-pyrrole nitrogens is 1. The summed E-state index contributed by atoms with van der Waals surface area (Å²) in [4.78, 5) is 34.2. The van der Waals surface area contributed by atoms with Gasteiger partial charge in [0.15, 0.2) is 0 Å². The monoisotopic (exact) mass is 408 g/mol. The van der Waals surface area contributed by atoms with Crippen LogP contribution in [-0.2, 0) is 11.2 Å². The van der Waals surface area contributed by atoms with Gasteiger partial charge in [0.05, 0.1) is 24.7 Å². The number of rotatable bonds is 3. The van der Waals surface area contributed by atoms with Crippen molar-refractivity contribution in [2.45, 2.75) is 19.4 Å². The molecule has 2 N–H and O–H groups in total. The summed E-state index contributed by atoms with van der Waals surface area (Å²) in [6, 6.07) is 10.3. The molecule has 1 aliphatic heterocycles. The van der Waals surface area contributed by atoms with Crippen molar-refractivity contribution in [1.82, 2.24) is 14.9 Å². The number of aromatic nitrogens is 2. The Bertz CT molecular complexity index is 1110. The molecule has 0 fully saturated rings. The Morgan fingerprint density at radius 3 is 2.87 bits per heavy atom. The number of nitrogens with zero attached hydrogens (tertiary/aromatic N) is 2. The van der Waals surface area contributed by atoms with Gasteiger partial charge in [0.2, 0.25) is 0 Å². The van der Waals surface area contributed by atoms with Crippen LogP contribution in [0.2, 0.25) is 0 Å². The number of amides is 2. The first-order valence-electron chi connectivity index (χ1n) is 9.52. The fraction of sp³-hybridized carbons (Fsp3) is 0.227. The third-order valence-electron chi connectivity index (χ3n) is 5.25. The Hall–Kier alpha value is -3.68. The number of fused-ring (bicyclic) bond motifs is 1. The average molecular weight is 408 g/mol. The van der Waals surface area contributed by atoms with E-state index in [0.717, 1.165) is 11.3 Å². The van der Waals surface area contributed by atoms with Gasteiger partial charge in [0.25, 0.3) is 0 Å². The van der Waals surface area contributed by atoms with Gasteiger partial charge in [0, 0.05) is 24.3 Å². The van der Waals surface area contributed by atoms with E-state index in [9.17, 15) is 14.0 Å². The van der Waals surface area contributed by atoms with E-state index < -0.39 is 12.0 Å². The Morgan fingerprint density at radius 1 is 1.27 bits per heavy atom. The lowest BCUT2D eigenvalue weighted by atomic mass is 9.96. The van der Waals surface area contributed by atoms with E-state index >= 15 is 0 Å². The van der Waals surface area contributed by atoms with Crippen LogP contribution in [0.15, 0.2) is 48.8 Å². The second-order valence-electron chi connectivity index (χ2n) is 7.12. The van der Waals surface area contributed by atoms with E-state index in [4.69, 9.17) is 4.74 Å². The van der Waals surface area contributed by atoms with E-state index in [-0.39, 0.29) is 11.8 Å². The van der Waals surface area contributed by atoms with Gasteiger partial charge < -0.3 is 19.9 Å². The summed E-state index contributed by atoms with van der Waals surface area (Å²) < 4.78 is 18.7. The van der Waals surface area contributed by atoms with Crippen molar-refractivity contribution in [3.63, 3.8) is 0 Å². The molecule has 2 amide bonds. The first-order chi connectivity index (χ1) is 14.5. The molecular formula is C22H21FN4O3. The number of benzene rings is 2. The van der Waals surface area contributed by atoms with Crippen molar-refractivity contribution in [1.29, 1.82) is 0 Å². The molecule has 8 heteroatoms. The van der Waals surface area contributed by atoms with Crippen LogP contribution in [0.3, 0.4) is 0 Å². The maximum Gasteiger partial charge on any atom is 0.337 e. The predicted molar refractivity (Wildman–Crippen MR) is 109 cm³/mol. The fourth-order valence-corrected chi connectivity index (χ4v) is 3.70. The van der Waals surface area contributed by atoms with E-state index in [2.05, 4.69) is 15.3 Å². The second-order valence-corrected chi connectivity index (χ2v) is 7.12. The number of aromatic amines is 1. The Kier molecular flexibility index (Phi) is 5.22. The molecule has 0 aliphatic carbocycles. The average Bonchev–Trinajstić information content (AvgIpc) is 3.22. The number of anilines is 1. The van der Waals surface area contributed by atoms with Crippen LogP contribution in [0.5, 0.6) is 0 Å². The first kappa shape index (κ1) is 19.6. The molecule has 1 atom stereocenters. The summed E-state index contributed by atoms with van der Waals surface area (Å²) >= 11 is 0. The van der Waals surface area contributed by atoms with Crippen LogP contribution in [0.1, 0.15) is 38.9 Å². The van der Waals surface area contributed by atoms with Gasteiger partial charge in [-0.15, -0.1) is 0 Å². The van der Waals surface area contributed by atoms with Crippen LogP contribution >= 0.6 is 0 Å². The molecule has 154 valence electrons. The molecule has 3 aromatic rings. The number of hydrogen-bond acceptors (Lipinski definition) is 4. The lowest BCUT2D eigenvalue weighted by Crippen LogP contribution is -2.43. The maximum atomic E-state index is 13.9. The van der Waals surface area contributed by atoms with E-state index in [1.165, 1.54) is 19.2 Å². The highest BCUT2D eigenvalue weighted by atomic mass is 19.1. The van der Waals surface area contributed by atoms with Crippen molar-refractivity contribution in [2.75, 3.05) is 19.0 Å². The Morgan fingerprint density at radius 2 is 2.10 bits per heavy atom. The maximum absolute atomic E-state index is 13.9. The van der Waals surface area contributed by atoms with Crippen LogP contribution in [0, 0.1) is 12.7 Å². The van der Waals surface area contributed by atoms with Crippen molar-refractivity contribution in [3.05, 3.63) is 82.7 Å². The van der Waals surface area contributed by atoms with Crippen LogP contribution in [-0.4, -0.2) is 40.5 Å². The summed E-state index contributed by atoms with van der Waals surface area (Å²) in [6.07, 6.45) is 2.19. The van der Waals surface area contributed by atoms with Crippen LogP contribution in [0.25, 0.3) is 0 Å². The third kappa shape index (κ3) is 3.63. The van der Waals surface area contributed by atoms with Gasteiger partial charge in [-0.1, -0.05) is 18.2 Å². The minimum absolute atomic E-state index is 0.341. The van der Waals surface area contributed by atoms with Gasteiger partial charge in [-0.25, -0.2) is 19.0 Å². The molecule has 30 heavy (non-hydrogen) atoms. The third-order valence-corrected chi connectivity index (χ3v) is 5.25. The minimum Gasteiger partial charge on any atom is -0.465 e. The summed E-state index contributed by atoms with van der Waals surface area (Å²) in [7, 11) is 1.30. The number of urea groups is 1. The van der Waals surface area contributed by atoms with Crippen molar-refractivity contribution < 1.29 is 18.7 Å². The molecule has 2 aromatic carbocycles. The van der Waals surface area contributed by atoms with Crippen molar-refractivity contribution in [3.8, 4) is 0 Å². The summed E-state index contributed by atoms with van der Waals surface area (Å²) in [5.74, 6) is -0.862. The molecular weight excluding hydrogens is 387 g/mol. The zero-order valence-corrected chi connectivity index (χ0v) is 16.6. The largest absolute Gasteiger partial charge is 0.465 e.